The molecule has 0 aromatic heterocycles. The molecule has 1 N–H and O–H groups in total. The molecule has 0 bridgehead atoms. The Morgan fingerprint density at radius 2 is 2.46 bits per heavy atom. The first-order valence-electron chi connectivity index (χ1n) is 4.60. The number of aliphatic hydroxyl groups is 1. The van der Waals surface area contributed by atoms with E-state index in [1.54, 1.807) is 0 Å². The second-order valence-electron chi connectivity index (χ2n) is 3.25. The summed E-state index contributed by atoms with van der Waals surface area (Å²) in [6.07, 6.45) is 2.06. The zero-order valence-corrected chi connectivity index (χ0v) is 7.86. The Morgan fingerprint density at radius 3 is 3.00 bits per heavy atom. The van der Waals surface area contributed by atoms with E-state index in [1.807, 2.05) is 0 Å². The Bertz CT molecular complexity index is 163. The van der Waals surface area contributed by atoms with Gasteiger partial charge >= 0.3 is 5.97 Å². The molecular weight excluding hydrogens is 172 g/mol. The fourth-order valence-electron chi connectivity index (χ4n) is 1.45. The fourth-order valence-corrected chi connectivity index (χ4v) is 1.45. The first-order chi connectivity index (χ1) is 6.24. The average molecular weight is 188 g/mol. The standard InChI is InChI=1S/C9H16O4/c1-12-9(11)6-7(10)8-4-2-3-5-13-8/h7-8,10H,2-6H2,1H3. The van der Waals surface area contributed by atoms with Gasteiger partial charge in [-0.25, -0.2) is 0 Å². The number of carbonyl (C=O) groups excluding carboxylic acids is 1. The van der Waals surface area contributed by atoms with E-state index in [2.05, 4.69) is 4.74 Å². The summed E-state index contributed by atoms with van der Waals surface area (Å²) in [4.78, 5) is 10.8. The van der Waals surface area contributed by atoms with Crippen LogP contribution < -0.4 is 0 Å². The average Bonchev–Trinajstić information content (AvgIpc) is 2.19. The van der Waals surface area contributed by atoms with Crippen molar-refractivity contribution in [1.29, 1.82) is 0 Å². The molecule has 1 heterocycles. The molecular formula is C9H16O4. The van der Waals surface area contributed by atoms with Gasteiger partial charge in [0, 0.05) is 6.61 Å². The topological polar surface area (TPSA) is 55.8 Å². The van der Waals surface area contributed by atoms with Gasteiger partial charge in [-0.15, -0.1) is 0 Å². The number of hydrogen-bond donors (Lipinski definition) is 1. The van der Waals surface area contributed by atoms with Crippen LogP contribution in [0.2, 0.25) is 0 Å². The van der Waals surface area contributed by atoms with E-state index < -0.39 is 6.10 Å². The Labute approximate surface area is 77.8 Å². The van der Waals surface area contributed by atoms with Gasteiger partial charge in [0.1, 0.15) is 0 Å². The van der Waals surface area contributed by atoms with Crippen LogP contribution in [0.25, 0.3) is 0 Å². The quantitative estimate of drug-likeness (QED) is 0.654. The Kier molecular flexibility index (Phi) is 4.18. The van der Waals surface area contributed by atoms with Gasteiger partial charge in [-0.3, -0.25) is 4.79 Å². The lowest BCUT2D eigenvalue weighted by atomic mass is 10.0. The Morgan fingerprint density at radius 1 is 1.69 bits per heavy atom. The van der Waals surface area contributed by atoms with Gasteiger partial charge in [0.05, 0.1) is 25.7 Å². The van der Waals surface area contributed by atoms with Crippen molar-refractivity contribution in [2.75, 3.05) is 13.7 Å². The zero-order valence-electron chi connectivity index (χ0n) is 7.86. The summed E-state index contributed by atoms with van der Waals surface area (Å²) in [5.74, 6) is -0.387. The summed E-state index contributed by atoms with van der Waals surface area (Å²) in [7, 11) is 1.32. The van der Waals surface area contributed by atoms with Crippen LogP contribution in [-0.2, 0) is 14.3 Å². The number of rotatable bonds is 3. The minimum atomic E-state index is -0.715. The highest BCUT2D eigenvalue weighted by molar-refractivity contribution is 5.69. The predicted octanol–water partition coefficient (Wildman–Crippen LogP) is 0.479. The van der Waals surface area contributed by atoms with Crippen LogP contribution in [0, 0.1) is 0 Å². The third-order valence-electron chi connectivity index (χ3n) is 2.25. The summed E-state index contributed by atoms with van der Waals surface area (Å²) >= 11 is 0. The normalized spacial score (nSPS) is 25.2. The lowest BCUT2D eigenvalue weighted by Crippen LogP contribution is -2.34. The second-order valence-corrected chi connectivity index (χ2v) is 3.25. The van der Waals surface area contributed by atoms with Crippen LogP contribution in [0.4, 0.5) is 0 Å². The molecule has 1 rings (SSSR count). The molecule has 0 radical (unpaired) electrons. The maximum Gasteiger partial charge on any atom is 0.308 e. The molecule has 13 heavy (non-hydrogen) atoms. The van der Waals surface area contributed by atoms with Crippen molar-refractivity contribution >= 4 is 5.97 Å². The van der Waals surface area contributed by atoms with Crippen LogP contribution >= 0.6 is 0 Å². The van der Waals surface area contributed by atoms with Crippen molar-refractivity contribution in [2.24, 2.45) is 0 Å². The van der Waals surface area contributed by atoms with E-state index in [-0.39, 0.29) is 18.5 Å². The van der Waals surface area contributed by atoms with Crippen LogP contribution in [0.3, 0.4) is 0 Å². The number of carbonyl (C=O) groups is 1. The maximum atomic E-state index is 10.8. The molecule has 4 nitrogen and oxygen atoms in total. The summed E-state index contributed by atoms with van der Waals surface area (Å²) in [5.41, 5.74) is 0. The van der Waals surface area contributed by atoms with Crippen LogP contribution in [0.1, 0.15) is 25.7 Å². The molecule has 2 atom stereocenters. The van der Waals surface area contributed by atoms with E-state index >= 15 is 0 Å². The van der Waals surface area contributed by atoms with E-state index in [0.717, 1.165) is 19.3 Å². The molecule has 76 valence electrons. The molecule has 1 aliphatic heterocycles. The fraction of sp³-hybridized carbons (Fsp3) is 0.889. The largest absolute Gasteiger partial charge is 0.469 e. The molecule has 1 fully saturated rings. The van der Waals surface area contributed by atoms with Crippen LogP contribution in [-0.4, -0.2) is 37.0 Å². The van der Waals surface area contributed by atoms with E-state index in [4.69, 9.17) is 4.74 Å². The molecule has 0 spiro atoms. The van der Waals surface area contributed by atoms with E-state index in [0.29, 0.717) is 6.61 Å². The van der Waals surface area contributed by atoms with Gasteiger partial charge in [-0.2, -0.15) is 0 Å². The minimum Gasteiger partial charge on any atom is -0.469 e. The molecule has 2 unspecified atom stereocenters. The molecule has 0 saturated carbocycles. The third kappa shape index (κ3) is 3.32. The molecule has 4 heteroatoms. The molecule has 1 aliphatic rings. The van der Waals surface area contributed by atoms with Gasteiger partial charge in [0.25, 0.3) is 0 Å². The monoisotopic (exact) mass is 188 g/mol. The number of esters is 1. The number of ether oxygens (including phenoxy) is 2. The lowest BCUT2D eigenvalue weighted by Gasteiger charge is -2.26. The highest BCUT2D eigenvalue weighted by Crippen LogP contribution is 2.17. The number of aliphatic hydroxyl groups excluding tert-OH is 1. The van der Waals surface area contributed by atoms with Gasteiger partial charge < -0.3 is 14.6 Å². The SMILES string of the molecule is COC(=O)CC(O)C1CCCCO1. The molecule has 1 saturated heterocycles. The highest BCUT2D eigenvalue weighted by Gasteiger charge is 2.24. The van der Waals surface area contributed by atoms with Crippen molar-refractivity contribution in [2.45, 2.75) is 37.9 Å². The lowest BCUT2D eigenvalue weighted by molar-refractivity contribution is -0.146. The van der Waals surface area contributed by atoms with Crippen LogP contribution in [0.5, 0.6) is 0 Å². The first kappa shape index (κ1) is 10.5. The minimum absolute atomic E-state index is 0.0289. The van der Waals surface area contributed by atoms with Gasteiger partial charge in [-0.05, 0) is 19.3 Å². The zero-order chi connectivity index (χ0) is 9.68. The predicted molar refractivity (Wildman–Crippen MR) is 46.2 cm³/mol. The number of methoxy groups -OCH3 is 1. The van der Waals surface area contributed by atoms with Gasteiger partial charge in [0.2, 0.25) is 0 Å². The summed E-state index contributed by atoms with van der Waals surface area (Å²) in [6.45, 7) is 0.683. The Hall–Kier alpha value is -0.610. The van der Waals surface area contributed by atoms with E-state index in [9.17, 15) is 9.90 Å². The number of hydrogen-bond acceptors (Lipinski definition) is 4. The van der Waals surface area contributed by atoms with E-state index in [1.165, 1.54) is 7.11 Å². The van der Waals surface area contributed by atoms with Crippen LogP contribution in [0.15, 0.2) is 0 Å². The molecule has 0 aliphatic carbocycles. The van der Waals surface area contributed by atoms with Crippen molar-refractivity contribution in [3.8, 4) is 0 Å². The molecule has 0 amide bonds. The smallest absolute Gasteiger partial charge is 0.308 e. The van der Waals surface area contributed by atoms with Crippen molar-refractivity contribution in [3.05, 3.63) is 0 Å². The highest BCUT2D eigenvalue weighted by atomic mass is 16.5. The summed E-state index contributed by atoms with van der Waals surface area (Å²) in [6, 6.07) is 0. The summed E-state index contributed by atoms with van der Waals surface area (Å²) in [5, 5.41) is 9.55. The second kappa shape index (κ2) is 5.19. The Balaban J connectivity index is 2.28. The van der Waals surface area contributed by atoms with Crippen molar-refractivity contribution in [3.63, 3.8) is 0 Å². The van der Waals surface area contributed by atoms with Gasteiger partial charge in [-0.1, -0.05) is 0 Å². The molecule has 0 aromatic rings. The third-order valence-corrected chi connectivity index (χ3v) is 2.25. The van der Waals surface area contributed by atoms with Gasteiger partial charge in [0.15, 0.2) is 0 Å². The summed E-state index contributed by atoms with van der Waals surface area (Å²) < 4.78 is 9.78. The first-order valence-corrected chi connectivity index (χ1v) is 4.60. The van der Waals surface area contributed by atoms with Crippen molar-refractivity contribution in [1.82, 2.24) is 0 Å². The molecule has 0 aromatic carbocycles. The van der Waals surface area contributed by atoms with Crippen molar-refractivity contribution < 1.29 is 19.4 Å². The maximum absolute atomic E-state index is 10.8.